The van der Waals surface area contributed by atoms with Gasteiger partial charge in [-0.15, -0.1) is 0 Å². The Morgan fingerprint density at radius 1 is 1.09 bits per heavy atom. The van der Waals surface area contributed by atoms with Gasteiger partial charge in [-0.1, -0.05) is 0 Å². The molecule has 0 aromatic rings. The van der Waals surface area contributed by atoms with E-state index in [2.05, 4.69) is 18.7 Å². The fraction of sp³-hybridized carbons (Fsp3) is 1.00. The Morgan fingerprint density at radius 2 is 1.74 bits per heavy atom. The van der Waals surface area contributed by atoms with Crippen molar-refractivity contribution in [3.05, 3.63) is 0 Å². The van der Waals surface area contributed by atoms with Gasteiger partial charge < -0.3 is 20.1 Å². The first-order valence-corrected chi connectivity index (χ1v) is 9.14. The summed E-state index contributed by atoms with van der Waals surface area (Å²) in [5.74, 6) is 0.612. The second kappa shape index (κ2) is 6.26. The molecule has 3 aliphatic rings. The minimum atomic E-state index is -1.02. The van der Waals surface area contributed by atoms with E-state index in [0.717, 1.165) is 19.6 Å². The lowest BCUT2D eigenvalue weighted by atomic mass is 9.68. The van der Waals surface area contributed by atoms with Crippen LogP contribution in [0, 0.1) is 11.3 Å². The van der Waals surface area contributed by atoms with E-state index in [1.807, 2.05) is 6.92 Å². The highest BCUT2D eigenvalue weighted by atomic mass is 16.5. The zero-order chi connectivity index (χ0) is 16.8. The molecular weight excluding hydrogens is 294 g/mol. The number of aliphatic hydroxyl groups is 3. The zero-order valence-corrected chi connectivity index (χ0v) is 14.7. The van der Waals surface area contributed by atoms with Crippen molar-refractivity contribution in [1.29, 1.82) is 0 Å². The van der Waals surface area contributed by atoms with Gasteiger partial charge in [0.25, 0.3) is 0 Å². The van der Waals surface area contributed by atoms with Gasteiger partial charge in [0.2, 0.25) is 0 Å². The normalized spacial score (nSPS) is 48.0. The van der Waals surface area contributed by atoms with Crippen LogP contribution in [0.5, 0.6) is 0 Å². The molecule has 3 fully saturated rings. The molecule has 0 bridgehead atoms. The van der Waals surface area contributed by atoms with Crippen molar-refractivity contribution in [3.63, 3.8) is 0 Å². The van der Waals surface area contributed by atoms with Gasteiger partial charge in [0.15, 0.2) is 0 Å². The maximum absolute atomic E-state index is 10.1. The number of hydrogen-bond acceptors (Lipinski definition) is 5. The largest absolute Gasteiger partial charge is 0.389 e. The van der Waals surface area contributed by atoms with Crippen LogP contribution in [-0.4, -0.2) is 69.9 Å². The maximum atomic E-state index is 10.1. The summed E-state index contributed by atoms with van der Waals surface area (Å²) in [5, 5.41) is 29.8. The third-order valence-electron chi connectivity index (χ3n) is 6.46. The lowest BCUT2D eigenvalue weighted by Crippen LogP contribution is -2.61. The lowest BCUT2D eigenvalue weighted by molar-refractivity contribution is -0.136. The molecule has 0 aromatic heterocycles. The minimum Gasteiger partial charge on any atom is -0.389 e. The molecule has 0 radical (unpaired) electrons. The fourth-order valence-electron chi connectivity index (χ4n) is 4.96. The standard InChI is InChI=1S/C18H33NO4/c1-12-15(21)16(22)14(20)9-19(12)8-13-4-6-18(7-5-13)10-17(2,3)23-11-18/h12-16,20-22H,4-11H2,1-3H3/t12-,13-,14+,15-,16-,18+/m1/s1. The van der Waals surface area contributed by atoms with E-state index in [4.69, 9.17) is 4.74 Å². The molecule has 0 amide bonds. The molecule has 1 spiro atoms. The second-order valence-electron chi connectivity index (χ2n) is 8.91. The highest BCUT2D eigenvalue weighted by molar-refractivity contribution is 4.97. The third kappa shape index (κ3) is 3.59. The van der Waals surface area contributed by atoms with Crippen molar-refractivity contribution in [2.24, 2.45) is 11.3 Å². The van der Waals surface area contributed by atoms with Crippen molar-refractivity contribution < 1.29 is 20.1 Å². The topological polar surface area (TPSA) is 73.2 Å². The predicted molar refractivity (Wildman–Crippen MR) is 88.1 cm³/mol. The summed E-state index contributed by atoms with van der Waals surface area (Å²) >= 11 is 0. The van der Waals surface area contributed by atoms with E-state index in [9.17, 15) is 15.3 Å². The van der Waals surface area contributed by atoms with Crippen molar-refractivity contribution in [3.8, 4) is 0 Å². The minimum absolute atomic E-state index is 0.0264. The molecular formula is C18H33NO4. The van der Waals surface area contributed by atoms with Crippen LogP contribution in [0.2, 0.25) is 0 Å². The first-order chi connectivity index (χ1) is 10.7. The Kier molecular flexibility index (Phi) is 4.80. The summed E-state index contributed by atoms with van der Waals surface area (Å²) in [4.78, 5) is 2.15. The number of β-amino-alcohol motifs (C(OH)–C–C–N with tert-alkyl or cyclic N) is 1. The molecule has 3 N–H and O–H groups in total. The summed E-state index contributed by atoms with van der Waals surface area (Å²) < 4.78 is 5.97. The van der Waals surface area contributed by atoms with Gasteiger partial charge in [0.1, 0.15) is 6.10 Å². The Bertz CT molecular complexity index is 419. The molecule has 2 heterocycles. The van der Waals surface area contributed by atoms with Crippen molar-refractivity contribution >= 4 is 0 Å². The monoisotopic (exact) mass is 327 g/mol. The number of hydrogen-bond donors (Lipinski definition) is 3. The number of ether oxygens (including phenoxy) is 1. The molecule has 2 aliphatic heterocycles. The highest BCUT2D eigenvalue weighted by Crippen LogP contribution is 2.50. The van der Waals surface area contributed by atoms with Crippen molar-refractivity contribution in [2.45, 2.75) is 82.8 Å². The Morgan fingerprint density at radius 3 is 2.30 bits per heavy atom. The first kappa shape index (κ1) is 17.6. The van der Waals surface area contributed by atoms with Crippen LogP contribution in [0.4, 0.5) is 0 Å². The van der Waals surface area contributed by atoms with Gasteiger partial charge in [-0.25, -0.2) is 0 Å². The molecule has 1 aliphatic carbocycles. The Labute approximate surface area is 139 Å². The van der Waals surface area contributed by atoms with E-state index in [1.165, 1.54) is 25.7 Å². The van der Waals surface area contributed by atoms with E-state index in [-0.39, 0.29) is 11.6 Å². The Hall–Kier alpha value is -0.200. The number of nitrogens with zero attached hydrogens (tertiary/aromatic N) is 1. The number of aliphatic hydroxyl groups excluding tert-OH is 3. The quantitative estimate of drug-likeness (QED) is 0.709. The number of piperidine rings is 1. The van der Waals surface area contributed by atoms with Crippen LogP contribution < -0.4 is 0 Å². The SMILES string of the molecule is C[C@@H]1[C@@H](O)[C@H](O)[C@@H](O)CN1C[C@H]1CC[C@]2(CC1)COC(C)(C)C2. The van der Waals surface area contributed by atoms with Crippen LogP contribution in [0.1, 0.15) is 52.9 Å². The first-order valence-electron chi connectivity index (χ1n) is 9.14. The predicted octanol–water partition coefficient (Wildman–Crippen LogP) is 1.15. The van der Waals surface area contributed by atoms with Gasteiger partial charge in [-0.3, -0.25) is 4.90 Å². The fourth-order valence-corrected chi connectivity index (χ4v) is 4.96. The van der Waals surface area contributed by atoms with E-state index < -0.39 is 18.3 Å². The van der Waals surface area contributed by atoms with E-state index in [1.54, 1.807) is 0 Å². The maximum Gasteiger partial charge on any atom is 0.108 e. The average molecular weight is 327 g/mol. The van der Waals surface area contributed by atoms with Gasteiger partial charge in [-0.05, 0) is 64.2 Å². The van der Waals surface area contributed by atoms with Crippen molar-refractivity contribution in [1.82, 2.24) is 4.90 Å². The Balaban J connectivity index is 1.53. The highest BCUT2D eigenvalue weighted by Gasteiger charge is 2.46. The third-order valence-corrected chi connectivity index (χ3v) is 6.46. The molecule has 0 aromatic carbocycles. The van der Waals surface area contributed by atoms with Gasteiger partial charge in [-0.2, -0.15) is 0 Å². The molecule has 5 heteroatoms. The number of likely N-dealkylation sites (tertiary alicyclic amines) is 1. The smallest absolute Gasteiger partial charge is 0.108 e. The number of rotatable bonds is 2. The summed E-state index contributed by atoms with van der Waals surface area (Å²) in [5.41, 5.74) is 0.404. The molecule has 0 unspecified atom stereocenters. The van der Waals surface area contributed by atoms with Crippen LogP contribution in [0.25, 0.3) is 0 Å². The van der Waals surface area contributed by atoms with E-state index >= 15 is 0 Å². The van der Waals surface area contributed by atoms with Crippen LogP contribution >= 0.6 is 0 Å². The summed E-state index contributed by atoms with van der Waals surface area (Å²) in [6.45, 7) is 8.59. The van der Waals surface area contributed by atoms with E-state index in [0.29, 0.717) is 17.9 Å². The molecule has 2 saturated heterocycles. The van der Waals surface area contributed by atoms with Crippen LogP contribution in [0.15, 0.2) is 0 Å². The molecule has 5 nitrogen and oxygen atoms in total. The molecule has 23 heavy (non-hydrogen) atoms. The van der Waals surface area contributed by atoms with Crippen LogP contribution in [-0.2, 0) is 4.74 Å². The average Bonchev–Trinajstić information content (AvgIpc) is 2.80. The van der Waals surface area contributed by atoms with Gasteiger partial charge >= 0.3 is 0 Å². The lowest BCUT2D eigenvalue weighted by Gasteiger charge is -2.45. The molecule has 134 valence electrons. The van der Waals surface area contributed by atoms with Crippen LogP contribution in [0.3, 0.4) is 0 Å². The summed E-state index contributed by atoms with van der Waals surface area (Å²) in [6, 6.07) is -0.0990. The van der Waals surface area contributed by atoms with Gasteiger partial charge in [0, 0.05) is 19.1 Å². The molecule has 4 atom stereocenters. The second-order valence-corrected chi connectivity index (χ2v) is 8.91. The summed E-state index contributed by atoms with van der Waals surface area (Å²) in [6.07, 6.45) is 3.26. The summed E-state index contributed by atoms with van der Waals surface area (Å²) in [7, 11) is 0. The zero-order valence-electron chi connectivity index (χ0n) is 14.7. The molecule has 1 saturated carbocycles. The van der Waals surface area contributed by atoms with Gasteiger partial charge in [0.05, 0.1) is 24.4 Å². The molecule has 3 rings (SSSR count). The van der Waals surface area contributed by atoms with Crippen molar-refractivity contribution in [2.75, 3.05) is 19.7 Å².